The van der Waals surface area contributed by atoms with Crippen LogP contribution in [0.25, 0.3) is 74.0 Å². The minimum atomic E-state index is -1.29. The largest absolute Gasteiger partial charge is 2.00 e. The van der Waals surface area contributed by atoms with Crippen LogP contribution in [0.3, 0.4) is 0 Å². The zero-order chi connectivity index (χ0) is 49.9. The summed E-state index contributed by atoms with van der Waals surface area (Å²) in [5, 5.41) is 27.7. The molecule has 8 aromatic heterocycles. The van der Waals surface area contributed by atoms with Crippen molar-refractivity contribution < 1.29 is 68.5 Å². The van der Waals surface area contributed by atoms with E-state index in [9.17, 15) is 14.7 Å². The number of aromatic carboxylic acids is 1. The summed E-state index contributed by atoms with van der Waals surface area (Å²) in [6.07, 6.45) is 17.2. The number of unbranched alkanes of at least 4 members (excludes halogenated alkanes) is 6. The van der Waals surface area contributed by atoms with Gasteiger partial charge in [-0.1, -0.05) is 76.8 Å². The molecule has 0 fully saturated rings. The van der Waals surface area contributed by atoms with Gasteiger partial charge in [0.15, 0.2) is 0 Å². The summed E-state index contributed by atoms with van der Waals surface area (Å²) in [5.41, 5.74) is 4.94. The molecule has 0 aliphatic rings. The molecule has 0 radical (unpaired) electrons. The molecule has 0 unspecified atom stereocenters. The predicted molar refractivity (Wildman–Crippen MR) is 301 cm³/mol. The van der Waals surface area contributed by atoms with Gasteiger partial charge in [-0.3, -0.25) is 24.7 Å². The van der Waals surface area contributed by atoms with Crippen LogP contribution in [-0.2, 0) is 24.3 Å². The maximum Gasteiger partial charge on any atom is 2.00 e. The molecule has 8 heterocycles. The Labute approximate surface area is 491 Å². The van der Waals surface area contributed by atoms with Gasteiger partial charge in [-0.15, -0.1) is 68.9 Å². The monoisotopic (exact) mass is 1200 g/mol. The van der Waals surface area contributed by atoms with Gasteiger partial charge in [0.2, 0.25) is 0 Å². The van der Waals surface area contributed by atoms with Crippen molar-refractivity contribution in [2.24, 2.45) is 0 Å². The molecule has 0 amide bonds. The number of isothiocyanates is 2. The Bertz CT molecular complexity index is 2820. The average Bonchev–Trinajstić information content (AvgIpc) is 4.24. The summed E-state index contributed by atoms with van der Waals surface area (Å²) in [4.78, 5) is 46.3. The van der Waals surface area contributed by atoms with E-state index in [4.69, 9.17) is 20.8 Å². The minimum absolute atomic E-state index is 0. The first-order valence-corrected chi connectivity index (χ1v) is 28.1. The van der Waals surface area contributed by atoms with Crippen LogP contribution in [0.1, 0.15) is 75.6 Å². The maximum absolute atomic E-state index is 10.7. The van der Waals surface area contributed by atoms with Crippen LogP contribution in [0, 0.1) is 0 Å². The molecule has 0 saturated heterocycles. The smallest absolute Gasteiger partial charge is 0.753 e. The van der Waals surface area contributed by atoms with Crippen molar-refractivity contribution in [2.75, 3.05) is 11.5 Å². The summed E-state index contributed by atoms with van der Waals surface area (Å²) in [5.74, 6) is 1.44. The van der Waals surface area contributed by atoms with E-state index in [0.29, 0.717) is 23.6 Å². The zero-order valence-electron chi connectivity index (χ0n) is 39.6. The molecule has 0 aliphatic carbocycles. The number of thiocarbonyl (C=S) groups is 2. The van der Waals surface area contributed by atoms with E-state index < -0.39 is 5.97 Å². The molecular weight excluding hydrogens is 1150 g/mol. The van der Waals surface area contributed by atoms with Crippen LogP contribution < -0.4 is 39.4 Å². The van der Waals surface area contributed by atoms with Gasteiger partial charge in [-0.2, -0.15) is 10.3 Å². The summed E-state index contributed by atoms with van der Waals surface area (Å²) < 4.78 is 7.51. The van der Waals surface area contributed by atoms with E-state index >= 15 is 0 Å². The Morgan fingerprint density at radius 3 is 1.42 bits per heavy atom. The van der Waals surface area contributed by atoms with E-state index in [1.165, 1.54) is 159 Å². The van der Waals surface area contributed by atoms with Crippen molar-refractivity contribution >= 4 is 116 Å². The zero-order valence-corrected chi connectivity index (χ0v) is 49.9. The molecule has 0 saturated carbocycles. The number of rotatable bonds is 21. The number of ether oxygens (including phenoxy) is 1. The summed E-state index contributed by atoms with van der Waals surface area (Å²) in [7, 11) is 0. The number of nitrogens with zero attached hydrogens (tertiary/aromatic N) is 6. The second-order valence-corrected chi connectivity index (χ2v) is 22.2. The first kappa shape index (κ1) is 62.6. The third-order valence-electron chi connectivity index (χ3n) is 9.87. The summed E-state index contributed by atoms with van der Waals surface area (Å²) in [6.45, 7) is 4.84. The molecule has 0 aromatic carbocycles. The quantitative estimate of drug-likeness (QED) is 0.0167. The van der Waals surface area contributed by atoms with Crippen molar-refractivity contribution in [2.45, 2.75) is 73.6 Å². The number of hydrogen-bond acceptors (Lipinski definition) is 16. The Morgan fingerprint density at radius 2 is 0.972 bits per heavy atom. The third-order valence-corrected chi connectivity index (χ3v) is 17.3. The van der Waals surface area contributed by atoms with Crippen molar-refractivity contribution in [3.63, 3.8) is 0 Å². The molecule has 0 atom stereocenters. The fraction of sp³-hybridized carbons (Fsp3) is 0.231. The minimum Gasteiger partial charge on any atom is -0.753 e. The summed E-state index contributed by atoms with van der Waals surface area (Å²) >= 11 is 18.9. The fourth-order valence-corrected chi connectivity index (χ4v) is 13.1. The molecule has 366 valence electrons. The molecule has 0 bridgehead atoms. The SMILES string of the molecule is CCCCCCSc1ccc(-c2ccc(-c3ccnc(-c4cc(-c5ccc(-c6ccc(SCCCCCC)s6)s5)ccn4)c3)s2)s1.O=COc1ccnc(-c2cc(C(=O)[O-])ccn2)c1.[N-]=C=S.[N-]=C=S.[Na+].[Ru+2]. The Hall–Kier alpha value is -3.74. The molecule has 8 aromatic rings. The van der Waals surface area contributed by atoms with E-state index in [1.807, 2.05) is 81.3 Å². The number of thiophene rings is 4. The van der Waals surface area contributed by atoms with Crippen LogP contribution >= 0.6 is 93.3 Å². The van der Waals surface area contributed by atoms with Crippen LogP contribution in [0.15, 0.2) is 130 Å². The first-order valence-electron chi connectivity index (χ1n) is 22.1. The van der Waals surface area contributed by atoms with Crippen LogP contribution in [0.4, 0.5) is 0 Å². The van der Waals surface area contributed by atoms with E-state index in [0.717, 1.165) is 11.4 Å². The van der Waals surface area contributed by atoms with E-state index in [2.05, 4.69) is 126 Å². The number of aromatic nitrogens is 4. The molecule has 8 rings (SSSR count). The van der Waals surface area contributed by atoms with Gasteiger partial charge >= 0.3 is 49.0 Å². The number of carboxylic acids is 1. The van der Waals surface area contributed by atoms with Crippen LogP contribution in [-0.4, -0.2) is 54.2 Å². The standard InChI is InChI=1S/C38H40N2S6.C12H8N2O4.2CNS.Na.Ru/c1-3-5-7-9-23-41-37-17-15-35(45-37)33-13-11-31(43-33)27-19-21-39-29(25-27)30-26-28(20-22-40-30)32-12-14-34(44-32)36-16-18-38(46-36)42-24-10-8-6-4-2;15-7-18-9-2-4-14-11(6-9)10-5-8(12(16)17)1-3-13-10;2*2-1-3;;/h11-22,25-26H,3-10,23-24H2,1-2H3;1-7H,(H,16,17);;;;/q;;2*-1;+1;+2/p-1. The van der Waals surface area contributed by atoms with Gasteiger partial charge in [0.25, 0.3) is 6.47 Å². The van der Waals surface area contributed by atoms with Gasteiger partial charge < -0.3 is 25.5 Å². The van der Waals surface area contributed by atoms with Gasteiger partial charge in [0, 0.05) is 65.7 Å². The maximum atomic E-state index is 10.7. The topological polar surface area (TPSA) is 163 Å². The van der Waals surface area contributed by atoms with Crippen LogP contribution in [0.2, 0.25) is 0 Å². The molecule has 0 spiro atoms. The molecule has 72 heavy (non-hydrogen) atoms. The van der Waals surface area contributed by atoms with Crippen molar-refractivity contribution in [1.29, 1.82) is 0 Å². The normalized spacial score (nSPS) is 9.97. The molecular formula is C52H47N6NaO4RuS8. The summed E-state index contributed by atoms with van der Waals surface area (Å²) in [6, 6.07) is 32.4. The second kappa shape index (κ2) is 35.5. The van der Waals surface area contributed by atoms with Gasteiger partial charge in [-0.25, -0.2) is 0 Å². The number of thioether (sulfide) groups is 2. The number of carbonyl (C=O) groups excluding carboxylic acids is 2. The van der Waals surface area contributed by atoms with Gasteiger partial charge in [0.1, 0.15) is 5.75 Å². The number of carbonyl (C=O) groups is 2. The second-order valence-electron chi connectivity index (χ2n) is 14.7. The van der Waals surface area contributed by atoms with Crippen molar-refractivity contribution in [3.05, 3.63) is 138 Å². The van der Waals surface area contributed by atoms with E-state index in [-0.39, 0.29) is 54.6 Å². The molecule has 0 aliphatic heterocycles. The number of pyridine rings is 4. The van der Waals surface area contributed by atoms with Gasteiger partial charge in [0.05, 0.1) is 37.2 Å². The third kappa shape index (κ3) is 20.5. The first-order chi connectivity index (χ1) is 34.2. The average molecular weight is 1200 g/mol. The Balaban J connectivity index is 0.000000439. The van der Waals surface area contributed by atoms with Crippen molar-refractivity contribution in [3.8, 4) is 68.9 Å². The van der Waals surface area contributed by atoms with Crippen LogP contribution in [0.5, 0.6) is 5.75 Å². The Morgan fingerprint density at radius 1 is 0.583 bits per heavy atom. The molecule has 10 nitrogen and oxygen atoms in total. The molecule has 0 N–H and O–H groups in total. The van der Waals surface area contributed by atoms with Crippen molar-refractivity contribution in [1.82, 2.24) is 19.9 Å². The fourth-order valence-electron chi connectivity index (χ4n) is 6.54. The number of hydrogen-bond donors (Lipinski definition) is 0. The molecule has 20 heteroatoms. The predicted octanol–water partition coefficient (Wildman–Crippen LogP) is 12.8. The Kier molecular flexibility index (Phi) is 30.8. The van der Waals surface area contributed by atoms with E-state index in [1.54, 1.807) is 0 Å². The van der Waals surface area contributed by atoms with Gasteiger partial charge in [-0.05, 0) is 126 Å². The number of carboxylic acid groups (broad SMARTS) is 1.